The number of nitrogens with one attached hydrogen (secondary N) is 1. The van der Waals surface area contributed by atoms with Crippen molar-refractivity contribution >= 4 is 23.2 Å². The van der Waals surface area contributed by atoms with Crippen LogP contribution in [-0.4, -0.2) is 18.9 Å². The van der Waals surface area contributed by atoms with Gasteiger partial charge in [-0.2, -0.15) is 0 Å². The molecule has 2 amide bonds. The molecule has 0 atom stereocenters. The number of amides is 2. The molecule has 0 aliphatic rings. The number of anilines is 2. The molecule has 0 spiro atoms. The van der Waals surface area contributed by atoms with E-state index in [9.17, 15) is 9.59 Å². The topological polar surface area (TPSA) is 49.4 Å². The van der Waals surface area contributed by atoms with Crippen LogP contribution in [0.1, 0.15) is 37.0 Å². The molecule has 2 rings (SSSR count). The van der Waals surface area contributed by atoms with Crippen molar-refractivity contribution < 1.29 is 9.59 Å². The van der Waals surface area contributed by atoms with E-state index in [0.717, 1.165) is 18.5 Å². The normalized spacial score (nSPS) is 10.5. The molecule has 0 aromatic heterocycles. The lowest BCUT2D eigenvalue weighted by Crippen LogP contribution is -2.26. The minimum absolute atomic E-state index is 0.0236. The molecule has 0 unspecified atom stereocenters. The summed E-state index contributed by atoms with van der Waals surface area (Å²) < 4.78 is 0. The zero-order valence-electron chi connectivity index (χ0n) is 14.5. The molecule has 0 fully saturated rings. The maximum Gasteiger partial charge on any atom is 0.258 e. The van der Waals surface area contributed by atoms with Crippen molar-refractivity contribution in [1.82, 2.24) is 0 Å². The Morgan fingerprint density at radius 3 is 2.08 bits per heavy atom. The summed E-state index contributed by atoms with van der Waals surface area (Å²) in [6.07, 6.45) is 1.64. The van der Waals surface area contributed by atoms with Gasteiger partial charge in [-0.05, 0) is 49.2 Å². The van der Waals surface area contributed by atoms with Crippen LogP contribution in [0, 0.1) is 5.92 Å². The Labute approximate surface area is 143 Å². The van der Waals surface area contributed by atoms with Crippen LogP contribution in [0.3, 0.4) is 0 Å². The number of hydrogen-bond donors (Lipinski definition) is 1. The largest absolute Gasteiger partial charge is 0.326 e. The van der Waals surface area contributed by atoms with E-state index in [1.165, 1.54) is 0 Å². The Bertz CT molecular complexity index is 677. The van der Waals surface area contributed by atoms with E-state index in [1.807, 2.05) is 44.2 Å². The van der Waals surface area contributed by atoms with Gasteiger partial charge in [0.25, 0.3) is 5.91 Å². The molecule has 126 valence electrons. The van der Waals surface area contributed by atoms with Gasteiger partial charge in [-0.1, -0.05) is 32.0 Å². The standard InChI is InChI=1S/C20H24N2O2/c1-4-15(5-2)19(23)21-17-13-11-16(12-14-17)20(24)22(3)18-9-7-6-8-10-18/h6-15H,4-5H2,1-3H3,(H,21,23). The fourth-order valence-corrected chi connectivity index (χ4v) is 2.56. The van der Waals surface area contributed by atoms with Crippen molar-refractivity contribution in [3.8, 4) is 0 Å². The quantitative estimate of drug-likeness (QED) is 0.859. The number of rotatable bonds is 6. The Morgan fingerprint density at radius 2 is 1.54 bits per heavy atom. The van der Waals surface area contributed by atoms with Gasteiger partial charge in [0.1, 0.15) is 0 Å². The number of carbonyl (C=O) groups excluding carboxylic acids is 2. The van der Waals surface area contributed by atoms with Crippen molar-refractivity contribution in [1.29, 1.82) is 0 Å². The Hall–Kier alpha value is -2.62. The predicted molar refractivity (Wildman–Crippen MR) is 98.3 cm³/mol. The zero-order chi connectivity index (χ0) is 17.5. The highest BCUT2D eigenvalue weighted by atomic mass is 16.2. The lowest BCUT2D eigenvalue weighted by atomic mass is 10.0. The highest BCUT2D eigenvalue weighted by Gasteiger charge is 2.15. The summed E-state index contributed by atoms with van der Waals surface area (Å²) in [5.74, 6) is -0.0323. The maximum absolute atomic E-state index is 12.5. The van der Waals surface area contributed by atoms with Crippen molar-refractivity contribution in [2.75, 3.05) is 17.3 Å². The molecule has 0 aliphatic carbocycles. The summed E-state index contributed by atoms with van der Waals surface area (Å²) >= 11 is 0. The van der Waals surface area contributed by atoms with Crippen LogP contribution in [0.25, 0.3) is 0 Å². The summed E-state index contributed by atoms with van der Waals surface area (Å²) in [5, 5.41) is 2.91. The first-order valence-electron chi connectivity index (χ1n) is 8.30. The monoisotopic (exact) mass is 324 g/mol. The summed E-state index contributed by atoms with van der Waals surface area (Å²) in [5.41, 5.74) is 2.14. The molecule has 0 saturated heterocycles. The lowest BCUT2D eigenvalue weighted by molar-refractivity contribution is -0.120. The number of benzene rings is 2. The third-order valence-corrected chi connectivity index (χ3v) is 4.20. The van der Waals surface area contributed by atoms with E-state index >= 15 is 0 Å². The predicted octanol–water partition coefficient (Wildman–Crippen LogP) is 4.34. The minimum Gasteiger partial charge on any atom is -0.326 e. The molecule has 24 heavy (non-hydrogen) atoms. The Morgan fingerprint density at radius 1 is 0.958 bits per heavy atom. The lowest BCUT2D eigenvalue weighted by Gasteiger charge is -2.17. The fourth-order valence-electron chi connectivity index (χ4n) is 2.56. The molecule has 0 saturated carbocycles. The summed E-state index contributed by atoms with van der Waals surface area (Å²) in [6.45, 7) is 4.02. The van der Waals surface area contributed by atoms with E-state index in [2.05, 4.69) is 5.32 Å². The van der Waals surface area contributed by atoms with E-state index in [1.54, 1.807) is 36.2 Å². The van der Waals surface area contributed by atoms with Gasteiger partial charge in [0.2, 0.25) is 5.91 Å². The van der Waals surface area contributed by atoms with Crippen LogP contribution in [0.2, 0.25) is 0 Å². The van der Waals surface area contributed by atoms with E-state index in [0.29, 0.717) is 11.3 Å². The second-order valence-corrected chi connectivity index (χ2v) is 5.78. The second kappa shape index (κ2) is 8.29. The number of hydrogen-bond acceptors (Lipinski definition) is 2. The molecule has 4 nitrogen and oxygen atoms in total. The first-order valence-corrected chi connectivity index (χ1v) is 8.30. The van der Waals surface area contributed by atoms with Crippen LogP contribution in [0.15, 0.2) is 54.6 Å². The highest BCUT2D eigenvalue weighted by molar-refractivity contribution is 6.06. The van der Waals surface area contributed by atoms with Crippen LogP contribution in [0.4, 0.5) is 11.4 Å². The second-order valence-electron chi connectivity index (χ2n) is 5.78. The van der Waals surface area contributed by atoms with Crippen molar-refractivity contribution in [2.24, 2.45) is 5.92 Å². The summed E-state index contributed by atoms with van der Waals surface area (Å²) in [7, 11) is 1.75. The number of nitrogens with zero attached hydrogens (tertiary/aromatic N) is 1. The first kappa shape index (κ1) is 17.7. The van der Waals surface area contributed by atoms with Gasteiger partial charge >= 0.3 is 0 Å². The first-order chi connectivity index (χ1) is 11.6. The third-order valence-electron chi connectivity index (χ3n) is 4.20. The van der Waals surface area contributed by atoms with Crippen LogP contribution in [0.5, 0.6) is 0 Å². The molecule has 4 heteroatoms. The van der Waals surface area contributed by atoms with E-state index in [4.69, 9.17) is 0 Å². The average molecular weight is 324 g/mol. The van der Waals surface area contributed by atoms with Crippen molar-refractivity contribution in [3.63, 3.8) is 0 Å². The van der Waals surface area contributed by atoms with Gasteiger partial charge in [-0.25, -0.2) is 0 Å². The number of carbonyl (C=O) groups is 2. The maximum atomic E-state index is 12.5. The average Bonchev–Trinajstić information content (AvgIpc) is 2.63. The summed E-state index contributed by atoms with van der Waals surface area (Å²) in [4.78, 5) is 26.2. The zero-order valence-corrected chi connectivity index (χ0v) is 14.5. The minimum atomic E-state index is -0.0842. The molecule has 2 aromatic rings. The molecule has 1 N–H and O–H groups in total. The SMILES string of the molecule is CCC(CC)C(=O)Nc1ccc(C(=O)N(C)c2ccccc2)cc1. The van der Waals surface area contributed by atoms with Crippen LogP contribution in [-0.2, 0) is 4.79 Å². The van der Waals surface area contributed by atoms with E-state index < -0.39 is 0 Å². The smallest absolute Gasteiger partial charge is 0.258 e. The van der Waals surface area contributed by atoms with Gasteiger partial charge in [-0.15, -0.1) is 0 Å². The fraction of sp³-hybridized carbons (Fsp3) is 0.300. The molecule has 0 radical (unpaired) electrons. The third kappa shape index (κ3) is 4.22. The highest BCUT2D eigenvalue weighted by Crippen LogP contribution is 2.18. The molecule has 2 aromatic carbocycles. The molecule has 0 aliphatic heterocycles. The molecule has 0 heterocycles. The summed E-state index contributed by atoms with van der Waals surface area (Å²) in [6, 6.07) is 16.5. The molecular weight excluding hydrogens is 300 g/mol. The van der Waals surface area contributed by atoms with Crippen LogP contribution < -0.4 is 10.2 Å². The van der Waals surface area contributed by atoms with Crippen molar-refractivity contribution in [3.05, 3.63) is 60.2 Å². The van der Waals surface area contributed by atoms with Gasteiger partial charge in [-0.3, -0.25) is 9.59 Å². The van der Waals surface area contributed by atoms with Crippen LogP contribution >= 0.6 is 0 Å². The van der Waals surface area contributed by atoms with Gasteiger partial charge < -0.3 is 10.2 Å². The van der Waals surface area contributed by atoms with Gasteiger partial charge in [0, 0.05) is 29.9 Å². The van der Waals surface area contributed by atoms with Crippen molar-refractivity contribution in [2.45, 2.75) is 26.7 Å². The van der Waals surface area contributed by atoms with E-state index in [-0.39, 0.29) is 17.7 Å². The molecular formula is C20H24N2O2. The molecule has 0 bridgehead atoms. The Balaban J connectivity index is 2.06. The number of para-hydroxylation sites is 1. The Kier molecular flexibility index (Phi) is 6.13. The van der Waals surface area contributed by atoms with Gasteiger partial charge in [0.05, 0.1) is 0 Å². The van der Waals surface area contributed by atoms with Gasteiger partial charge in [0.15, 0.2) is 0 Å².